The Bertz CT molecular complexity index is 1160. The third-order valence-electron chi connectivity index (χ3n) is 4.48. The number of para-hydroxylation sites is 2. The first-order valence-electron chi connectivity index (χ1n) is 7.80. The van der Waals surface area contributed by atoms with E-state index in [1.165, 1.54) is 27.1 Å². The van der Waals surface area contributed by atoms with Crippen LogP contribution in [-0.4, -0.2) is 0 Å². The molecule has 1 nitrogen and oxygen atoms in total. The van der Waals surface area contributed by atoms with Gasteiger partial charge in [-0.25, -0.2) is 0 Å². The van der Waals surface area contributed by atoms with Gasteiger partial charge in [0, 0.05) is 16.3 Å². The van der Waals surface area contributed by atoms with Crippen molar-refractivity contribution < 1.29 is 4.42 Å². The molecular weight excluding hydrogens is 280 g/mol. The van der Waals surface area contributed by atoms with Crippen LogP contribution in [0.1, 0.15) is 0 Å². The van der Waals surface area contributed by atoms with E-state index in [-0.39, 0.29) is 0 Å². The molecule has 0 atom stereocenters. The molecule has 0 unspecified atom stereocenters. The maximum atomic E-state index is 6.19. The molecule has 1 heterocycles. The quantitative estimate of drug-likeness (QED) is 0.348. The van der Waals surface area contributed by atoms with Gasteiger partial charge < -0.3 is 4.42 Å². The maximum Gasteiger partial charge on any atom is 0.143 e. The molecule has 0 saturated carbocycles. The standard InChI is InChI=1S/C22H14O/c1-2-9-16-15(7-1)8-5-11-17(16)19-12-6-13-20-18-10-3-4-14-21(18)23-22(19)20/h1-14H. The fraction of sp³-hybridized carbons (Fsp3) is 0. The Morgan fingerprint density at radius 3 is 2.09 bits per heavy atom. The number of rotatable bonds is 1. The molecular formula is C22H14O. The largest absolute Gasteiger partial charge is 0.455 e. The van der Waals surface area contributed by atoms with Gasteiger partial charge in [0.1, 0.15) is 11.2 Å². The van der Waals surface area contributed by atoms with Gasteiger partial charge in [-0.3, -0.25) is 0 Å². The van der Waals surface area contributed by atoms with Crippen LogP contribution >= 0.6 is 0 Å². The fourth-order valence-corrected chi connectivity index (χ4v) is 3.42. The molecule has 4 aromatic carbocycles. The minimum absolute atomic E-state index is 0.940. The van der Waals surface area contributed by atoms with Crippen molar-refractivity contribution in [3.8, 4) is 11.1 Å². The van der Waals surface area contributed by atoms with E-state index in [4.69, 9.17) is 4.42 Å². The van der Waals surface area contributed by atoms with Gasteiger partial charge in [-0.1, -0.05) is 78.9 Å². The third-order valence-corrected chi connectivity index (χ3v) is 4.48. The Morgan fingerprint density at radius 1 is 0.478 bits per heavy atom. The van der Waals surface area contributed by atoms with Crippen LogP contribution in [0.3, 0.4) is 0 Å². The molecule has 0 radical (unpaired) electrons. The van der Waals surface area contributed by atoms with Crippen molar-refractivity contribution >= 4 is 32.7 Å². The summed E-state index contributed by atoms with van der Waals surface area (Å²) in [7, 11) is 0. The van der Waals surface area contributed by atoms with Gasteiger partial charge in [-0.15, -0.1) is 0 Å². The lowest BCUT2D eigenvalue weighted by molar-refractivity contribution is 0.670. The van der Waals surface area contributed by atoms with Crippen LogP contribution in [0.4, 0.5) is 0 Å². The summed E-state index contributed by atoms with van der Waals surface area (Å²) in [6.45, 7) is 0. The highest BCUT2D eigenvalue weighted by Gasteiger charge is 2.13. The Morgan fingerprint density at radius 2 is 1.13 bits per heavy atom. The Labute approximate surface area is 133 Å². The molecule has 1 aromatic heterocycles. The second-order valence-corrected chi connectivity index (χ2v) is 5.81. The average molecular weight is 294 g/mol. The molecule has 5 rings (SSSR count). The van der Waals surface area contributed by atoms with Gasteiger partial charge in [0.05, 0.1) is 0 Å². The van der Waals surface area contributed by atoms with Gasteiger partial charge in [-0.2, -0.15) is 0 Å². The Kier molecular flexibility index (Phi) is 2.56. The molecule has 108 valence electrons. The van der Waals surface area contributed by atoms with Gasteiger partial charge in [0.2, 0.25) is 0 Å². The van der Waals surface area contributed by atoms with E-state index < -0.39 is 0 Å². The summed E-state index contributed by atoms with van der Waals surface area (Å²) in [5.74, 6) is 0. The van der Waals surface area contributed by atoms with Gasteiger partial charge >= 0.3 is 0 Å². The van der Waals surface area contributed by atoms with E-state index in [1.807, 2.05) is 12.1 Å². The Balaban J connectivity index is 1.93. The summed E-state index contributed by atoms with van der Waals surface area (Å²) in [5, 5.41) is 4.84. The first kappa shape index (κ1) is 12.5. The molecule has 5 aromatic rings. The van der Waals surface area contributed by atoms with Crippen LogP contribution in [0.15, 0.2) is 89.3 Å². The number of hydrogen-bond donors (Lipinski definition) is 0. The lowest BCUT2D eigenvalue weighted by Crippen LogP contribution is -1.82. The number of hydrogen-bond acceptors (Lipinski definition) is 1. The summed E-state index contributed by atoms with van der Waals surface area (Å²) >= 11 is 0. The van der Waals surface area contributed by atoms with E-state index in [1.54, 1.807) is 0 Å². The molecule has 23 heavy (non-hydrogen) atoms. The summed E-state index contributed by atoms with van der Waals surface area (Å²) in [6, 6.07) is 29.5. The third kappa shape index (κ3) is 1.80. The van der Waals surface area contributed by atoms with Crippen LogP contribution < -0.4 is 0 Å². The molecule has 0 fully saturated rings. The summed E-state index contributed by atoms with van der Waals surface area (Å²) < 4.78 is 6.19. The number of fused-ring (bicyclic) bond motifs is 4. The zero-order valence-corrected chi connectivity index (χ0v) is 12.5. The molecule has 0 spiro atoms. The minimum Gasteiger partial charge on any atom is -0.455 e. The number of benzene rings is 4. The molecule has 0 N–H and O–H groups in total. The first-order valence-corrected chi connectivity index (χ1v) is 7.80. The first-order chi connectivity index (χ1) is 11.4. The maximum absolute atomic E-state index is 6.19. The van der Waals surface area contributed by atoms with Crippen LogP contribution in [-0.2, 0) is 0 Å². The van der Waals surface area contributed by atoms with Crippen LogP contribution in [0.5, 0.6) is 0 Å². The Hall–Kier alpha value is -3.06. The average Bonchev–Trinajstić information content (AvgIpc) is 3.00. The highest BCUT2D eigenvalue weighted by molar-refractivity contribution is 6.12. The van der Waals surface area contributed by atoms with Crippen molar-refractivity contribution in [2.24, 2.45) is 0 Å². The SMILES string of the molecule is c1ccc2c(-c3cccc4c3oc3ccccc34)cccc2c1. The van der Waals surface area contributed by atoms with Crippen molar-refractivity contribution in [1.82, 2.24) is 0 Å². The fourth-order valence-electron chi connectivity index (χ4n) is 3.42. The molecule has 1 heteroatoms. The van der Waals surface area contributed by atoms with Crippen LogP contribution in [0.2, 0.25) is 0 Å². The van der Waals surface area contributed by atoms with Crippen LogP contribution in [0, 0.1) is 0 Å². The van der Waals surface area contributed by atoms with Crippen molar-refractivity contribution in [3.63, 3.8) is 0 Å². The summed E-state index contributed by atoms with van der Waals surface area (Å²) in [6.07, 6.45) is 0. The molecule has 0 saturated heterocycles. The topological polar surface area (TPSA) is 13.1 Å². The summed E-state index contributed by atoms with van der Waals surface area (Å²) in [5.41, 5.74) is 4.27. The lowest BCUT2D eigenvalue weighted by atomic mass is 9.97. The normalized spacial score (nSPS) is 11.5. The molecule has 0 amide bonds. The second kappa shape index (κ2) is 4.72. The minimum atomic E-state index is 0.940. The van der Waals surface area contributed by atoms with E-state index in [2.05, 4.69) is 72.8 Å². The molecule has 0 aliphatic carbocycles. The molecule has 0 aliphatic heterocycles. The molecule has 0 aliphatic rings. The monoisotopic (exact) mass is 294 g/mol. The van der Waals surface area contributed by atoms with Crippen LogP contribution in [0.25, 0.3) is 43.8 Å². The van der Waals surface area contributed by atoms with E-state index in [0.29, 0.717) is 0 Å². The van der Waals surface area contributed by atoms with E-state index in [9.17, 15) is 0 Å². The van der Waals surface area contributed by atoms with E-state index >= 15 is 0 Å². The zero-order chi connectivity index (χ0) is 15.2. The van der Waals surface area contributed by atoms with Crippen molar-refractivity contribution in [3.05, 3.63) is 84.9 Å². The smallest absolute Gasteiger partial charge is 0.143 e. The van der Waals surface area contributed by atoms with Crippen molar-refractivity contribution in [2.45, 2.75) is 0 Å². The predicted molar refractivity (Wildman–Crippen MR) is 96.7 cm³/mol. The summed E-state index contributed by atoms with van der Waals surface area (Å²) in [4.78, 5) is 0. The lowest BCUT2D eigenvalue weighted by Gasteiger charge is -2.07. The van der Waals surface area contributed by atoms with Gasteiger partial charge in [0.15, 0.2) is 0 Å². The predicted octanol–water partition coefficient (Wildman–Crippen LogP) is 6.41. The van der Waals surface area contributed by atoms with Crippen molar-refractivity contribution in [2.75, 3.05) is 0 Å². The zero-order valence-electron chi connectivity index (χ0n) is 12.5. The highest BCUT2D eigenvalue weighted by Crippen LogP contribution is 2.38. The van der Waals surface area contributed by atoms with Gasteiger partial charge in [-0.05, 0) is 22.4 Å². The van der Waals surface area contributed by atoms with E-state index in [0.717, 1.165) is 16.7 Å². The highest BCUT2D eigenvalue weighted by atomic mass is 16.3. The molecule has 0 bridgehead atoms. The van der Waals surface area contributed by atoms with Crippen molar-refractivity contribution in [1.29, 1.82) is 0 Å². The number of furan rings is 1. The second-order valence-electron chi connectivity index (χ2n) is 5.81. The van der Waals surface area contributed by atoms with Gasteiger partial charge in [0.25, 0.3) is 0 Å².